The predicted molar refractivity (Wildman–Crippen MR) is 84.9 cm³/mol. The topological polar surface area (TPSA) is 59.3 Å². The minimum Gasteiger partial charge on any atom is -0.459 e. The summed E-state index contributed by atoms with van der Waals surface area (Å²) in [6.45, 7) is 4.06. The highest BCUT2D eigenvalue weighted by atomic mass is 32.2. The Bertz CT molecular complexity index is 662. The van der Waals surface area contributed by atoms with Gasteiger partial charge in [0.05, 0.1) is 11.8 Å². The van der Waals surface area contributed by atoms with Crippen LogP contribution in [-0.2, 0) is 9.84 Å². The lowest BCUT2D eigenvalue weighted by molar-refractivity contribution is 0.444. The van der Waals surface area contributed by atoms with E-state index < -0.39 is 9.84 Å². The average molecular weight is 307 g/mol. The van der Waals surface area contributed by atoms with Gasteiger partial charge in [0.15, 0.2) is 9.84 Å². The summed E-state index contributed by atoms with van der Waals surface area (Å²) in [6.07, 6.45) is 0. The molecule has 5 heteroatoms. The van der Waals surface area contributed by atoms with E-state index in [9.17, 15) is 8.42 Å². The fraction of sp³-hybridized carbons (Fsp3) is 0.375. The molecule has 2 rings (SSSR count). The minimum atomic E-state index is -2.93. The van der Waals surface area contributed by atoms with Gasteiger partial charge in [0, 0.05) is 17.9 Å². The quantitative estimate of drug-likeness (QED) is 0.854. The van der Waals surface area contributed by atoms with Crippen molar-refractivity contribution in [3.8, 4) is 11.3 Å². The summed E-state index contributed by atoms with van der Waals surface area (Å²) >= 11 is 0. The van der Waals surface area contributed by atoms with E-state index in [4.69, 9.17) is 4.42 Å². The number of rotatable bonds is 7. The fourth-order valence-corrected chi connectivity index (χ4v) is 2.74. The molecule has 0 saturated heterocycles. The summed E-state index contributed by atoms with van der Waals surface area (Å²) in [5.41, 5.74) is 1.03. The van der Waals surface area contributed by atoms with Gasteiger partial charge < -0.3 is 9.73 Å². The summed E-state index contributed by atoms with van der Waals surface area (Å²) < 4.78 is 28.7. The van der Waals surface area contributed by atoms with E-state index in [0.29, 0.717) is 6.54 Å². The Morgan fingerprint density at radius 2 is 1.86 bits per heavy atom. The van der Waals surface area contributed by atoms with Crippen LogP contribution in [0.3, 0.4) is 0 Å². The van der Waals surface area contributed by atoms with Crippen LogP contribution in [0.4, 0.5) is 0 Å². The van der Waals surface area contributed by atoms with Gasteiger partial charge in [0.1, 0.15) is 11.5 Å². The van der Waals surface area contributed by atoms with Crippen molar-refractivity contribution in [2.75, 3.05) is 18.1 Å². The van der Waals surface area contributed by atoms with Crippen LogP contribution in [-0.4, -0.2) is 26.5 Å². The summed E-state index contributed by atoms with van der Waals surface area (Å²) in [7, 11) is -2.93. The maximum absolute atomic E-state index is 11.4. The second-order valence-corrected chi connectivity index (χ2v) is 7.45. The Kier molecular flexibility index (Phi) is 5.20. The summed E-state index contributed by atoms with van der Waals surface area (Å²) in [6, 6.07) is 13.7. The number of furan rings is 1. The molecule has 0 radical (unpaired) electrons. The minimum absolute atomic E-state index is 0.0190. The number of sulfone groups is 1. The largest absolute Gasteiger partial charge is 0.459 e. The molecule has 1 aromatic heterocycles. The van der Waals surface area contributed by atoms with Gasteiger partial charge >= 0.3 is 0 Å². The van der Waals surface area contributed by atoms with Crippen molar-refractivity contribution in [1.82, 2.24) is 5.32 Å². The van der Waals surface area contributed by atoms with E-state index in [-0.39, 0.29) is 17.5 Å². The molecule has 1 atom stereocenters. The molecule has 0 aliphatic heterocycles. The maximum atomic E-state index is 11.4. The van der Waals surface area contributed by atoms with Crippen molar-refractivity contribution in [2.24, 2.45) is 0 Å². The van der Waals surface area contributed by atoms with Gasteiger partial charge in [-0.15, -0.1) is 0 Å². The van der Waals surface area contributed by atoms with Crippen molar-refractivity contribution in [2.45, 2.75) is 19.9 Å². The Hall–Kier alpha value is -1.59. The molecule has 0 spiro atoms. The van der Waals surface area contributed by atoms with Crippen LogP contribution in [0.15, 0.2) is 46.9 Å². The van der Waals surface area contributed by atoms with Crippen LogP contribution >= 0.6 is 0 Å². The molecule has 0 fully saturated rings. The van der Waals surface area contributed by atoms with E-state index in [2.05, 4.69) is 5.32 Å². The number of hydrogen-bond acceptors (Lipinski definition) is 4. The normalized spacial score (nSPS) is 13.2. The third-order valence-electron chi connectivity index (χ3n) is 3.42. The van der Waals surface area contributed by atoms with Crippen LogP contribution in [0, 0.1) is 0 Å². The molecule has 0 unspecified atom stereocenters. The van der Waals surface area contributed by atoms with Gasteiger partial charge in [-0.25, -0.2) is 8.42 Å². The SMILES string of the molecule is CCS(=O)(=O)CCN[C@@H](C)c1ccc(-c2ccccc2)o1. The van der Waals surface area contributed by atoms with Crippen molar-refractivity contribution in [3.05, 3.63) is 48.2 Å². The number of hydrogen-bond donors (Lipinski definition) is 1. The second kappa shape index (κ2) is 6.91. The number of benzene rings is 1. The van der Waals surface area contributed by atoms with E-state index in [0.717, 1.165) is 17.1 Å². The smallest absolute Gasteiger partial charge is 0.151 e. The first-order valence-electron chi connectivity index (χ1n) is 7.11. The molecule has 114 valence electrons. The monoisotopic (exact) mass is 307 g/mol. The van der Waals surface area contributed by atoms with E-state index in [1.807, 2.05) is 49.4 Å². The Balaban J connectivity index is 1.95. The molecule has 1 aromatic carbocycles. The Morgan fingerprint density at radius 3 is 2.52 bits per heavy atom. The Morgan fingerprint density at radius 1 is 1.14 bits per heavy atom. The molecule has 0 amide bonds. The van der Waals surface area contributed by atoms with Crippen molar-refractivity contribution >= 4 is 9.84 Å². The molecule has 4 nitrogen and oxygen atoms in total. The zero-order chi connectivity index (χ0) is 15.3. The van der Waals surface area contributed by atoms with Crippen molar-refractivity contribution < 1.29 is 12.8 Å². The molecule has 0 bridgehead atoms. The van der Waals surface area contributed by atoms with Crippen LogP contribution in [0.2, 0.25) is 0 Å². The van der Waals surface area contributed by atoms with Gasteiger partial charge in [-0.1, -0.05) is 37.3 Å². The lowest BCUT2D eigenvalue weighted by Crippen LogP contribution is -2.26. The molecule has 1 heterocycles. The van der Waals surface area contributed by atoms with Crippen molar-refractivity contribution in [3.63, 3.8) is 0 Å². The Labute approximate surface area is 126 Å². The van der Waals surface area contributed by atoms with E-state index in [1.165, 1.54) is 0 Å². The van der Waals surface area contributed by atoms with Gasteiger partial charge in [-0.3, -0.25) is 0 Å². The predicted octanol–water partition coefficient (Wildman–Crippen LogP) is 3.03. The van der Waals surface area contributed by atoms with Gasteiger partial charge in [0.2, 0.25) is 0 Å². The first-order valence-corrected chi connectivity index (χ1v) is 8.93. The average Bonchev–Trinajstić information content (AvgIpc) is 2.98. The molecular formula is C16H21NO3S. The molecule has 1 N–H and O–H groups in total. The molecule has 0 aliphatic carbocycles. The molecular weight excluding hydrogens is 286 g/mol. The second-order valence-electron chi connectivity index (χ2n) is 4.98. The fourth-order valence-electron chi connectivity index (χ4n) is 2.02. The van der Waals surface area contributed by atoms with Crippen LogP contribution in [0.5, 0.6) is 0 Å². The van der Waals surface area contributed by atoms with Crippen molar-refractivity contribution in [1.29, 1.82) is 0 Å². The lowest BCUT2D eigenvalue weighted by Gasteiger charge is -2.11. The van der Waals surface area contributed by atoms with Crippen LogP contribution in [0.25, 0.3) is 11.3 Å². The molecule has 2 aromatic rings. The third kappa shape index (κ3) is 4.44. The van der Waals surface area contributed by atoms with Gasteiger partial charge in [-0.2, -0.15) is 0 Å². The van der Waals surface area contributed by atoms with E-state index >= 15 is 0 Å². The molecule has 0 saturated carbocycles. The van der Waals surface area contributed by atoms with E-state index in [1.54, 1.807) is 6.92 Å². The summed E-state index contributed by atoms with van der Waals surface area (Å²) in [5, 5.41) is 3.18. The van der Waals surface area contributed by atoms with Gasteiger partial charge in [0.25, 0.3) is 0 Å². The number of nitrogens with one attached hydrogen (secondary N) is 1. The molecule has 21 heavy (non-hydrogen) atoms. The highest BCUT2D eigenvalue weighted by molar-refractivity contribution is 7.91. The highest BCUT2D eigenvalue weighted by Gasteiger charge is 2.13. The lowest BCUT2D eigenvalue weighted by atomic mass is 10.2. The third-order valence-corrected chi connectivity index (χ3v) is 5.12. The maximum Gasteiger partial charge on any atom is 0.151 e. The zero-order valence-corrected chi connectivity index (χ0v) is 13.2. The molecule has 0 aliphatic rings. The first kappa shape index (κ1) is 15.8. The standard InChI is InChI=1S/C16H21NO3S/c1-3-21(18,19)12-11-17-13(2)15-9-10-16(20-15)14-7-5-4-6-8-14/h4-10,13,17H,3,11-12H2,1-2H3/t13-/m0/s1. The first-order chi connectivity index (χ1) is 10.0. The highest BCUT2D eigenvalue weighted by Crippen LogP contribution is 2.24. The zero-order valence-electron chi connectivity index (χ0n) is 12.4. The van der Waals surface area contributed by atoms with Gasteiger partial charge in [-0.05, 0) is 19.1 Å². The van der Waals surface area contributed by atoms with Crippen LogP contribution < -0.4 is 5.32 Å². The summed E-state index contributed by atoms with van der Waals surface area (Å²) in [5.74, 6) is 1.96. The van der Waals surface area contributed by atoms with Crippen LogP contribution in [0.1, 0.15) is 25.6 Å². The summed E-state index contributed by atoms with van der Waals surface area (Å²) in [4.78, 5) is 0.